The van der Waals surface area contributed by atoms with Crippen molar-refractivity contribution in [3.63, 3.8) is 0 Å². The number of fused-ring (bicyclic) bond motifs is 1. The van der Waals surface area contributed by atoms with E-state index in [1.165, 1.54) is 16.9 Å². The molecule has 3 rings (SSSR count). The summed E-state index contributed by atoms with van der Waals surface area (Å²) in [5.74, 6) is 0.0438. The maximum atomic E-state index is 12.1. The summed E-state index contributed by atoms with van der Waals surface area (Å²) in [7, 11) is 0. The summed E-state index contributed by atoms with van der Waals surface area (Å²) in [5, 5.41) is 2.98. The zero-order valence-corrected chi connectivity index (χ0v) is 12.8. The van der Waals surface area contributed by atoms with Crippen LogP contribution in [0.4, 0.5) is 0 Å². The van der Waals surface area contributed by atoms with Gasteiger partial charge in [-0.15, -0.1) is 11.3 Å². The predicted molar refractivity (Wildman–Crippen MR) is 81.7 cm³/mol. The molecule has 19 heavy (non-hydrogen) atoms. The maximum absolute atomic E-state index is 12.1. The number of thiophene rings is 1. The molecule has 2 nitrogen and oxygen atoms in total. The summed E-state index contributed by atoms with van der Waals surface area (Å²) in [5.41, 5.74) is 2.49. The molecular weight excluding hydrogens is 322 g/mol. The van der Waals surface area contributed by atoms with Gasteiger partial charge in [-0.3, -0.25) is 4.79 Å². The molecule has 0 bridgehead atoms. The molecule has 98 valence electrons. The van der Waals surface area contributed by atoms with Crippen molar-refractivity contribution in [1.29, 1.82) is 0 Å². The van der Waals surface area contributed by atoms with Gasteiger partial charge in [-0.2, -0.15) is 0 Å². The van der Waals surface area contributed by atoms with Crippen LogP contribution in [-0.2, 0) is 19.4 Å². The van der Waals surface area contributed by atoms with Gasteiger partial charge in [0.05, 0.1) is 4.88 Å². The molecule has 0 atom stereocenters. The van der Waals surface area contributed by atoms with E-state index in [9.17, 15) is 4.79 Å². The standard InChI is InChI=1S/C15H14BrNOS/c16-12-6-4-10(5-7-12)9-17-15(18)14-8-11-2-1-3-13(11)19-14/h4-8H,1-3,9H2,(H,17,18). The van der Waals surface area contributed by atoms with Crippen molar-refractivity contribution >= 4 is 33.2 Å². The first kappa shape index (κ1) is 12.9. The van der Waals surface area contributed by atoms with Crippen LogP contribution in [0, 0.1) is 0 Å². The summed E-state index contributed by atoms with van der Waals surface area (Å²) in [4.78, 5) is 14.3. The average Bonchev–Trinajstić information content (AvgIpc) is 2.98. The molecule has 0 spiro atoms. The maximum Gasteiger partial charge on any atom is 0.261 e. The van der Waals surface area contributed by atoms with Gasteiger partial charge in [0.25, 0.3) is 5.91 Å². The molecule has 1 aromatic heterocycles. The fraction of sp³-hybridized carbons (Fsp3) is 0.267. The van der Waals surface area contributed by atoms with E-state index >= 15 is 0 Å². The van der Waals surface area contributed by atoms with Gasteiger partial charge in [0.2, 0.25) is 0 Å². The number of halogens is 1. The van der Waals surface area contributed by atoms with Crippen LogP contribution in [0.15, 0.2) is 34.8 Å². The number of rotatable bonds is 3. The summed E-state index contributed by atoms with van der Waals surface area (Å²) in [6.07, 6.45) is 3.51. The summed E-state index contributed by atoms with van der Waals surface area (Å²) >= 11 is 5.05. The molecule has 1 N–H and O–H groups in total. The van der Waals surface area contributed by atoms with E-state index in [4.69, 9.17) is 0 Å². The minimum absolute atomic E-state index is 0.0438. The number of benzene rings is 1. The number of hydrogen-bond acceptors (Lipinski definition) is 2. The minimum atomic E-state index is 0.0438. The van der Waals surface area contributed by atoms with Gasteiger partial charge in [0.15, 0.2) is 0 Å². The Bertz CT molecular complexity index is 582. The predicted octanol–water partition coefficient (Wildman–Crippen LogP) is 3.93. The van der Waals surface area contributed by atoms with Gasteiger partial charge in [-0.1, -0.05) is 28.1 Å². The van der Waals surface area contributed by atoms with Crippen LogP contribution < -0.4 is 5.32 Å². The topological polar surface area (TPSA) is 29.1 Å². The van der Waals surface area contributed by atoms with E-state index < -0.39 is 0 Å². The zero-order chi connectivity index (χ0) is 13.2. The molecule has 2 aromatic rings. The van der Waals surface area contributed by atoms with Gasteiger partial charge >= 0.3 is 0 Å². The molecule has 0 aliphatic heterocycles. The third kappa shape index (κ3) is 2.90. The molecule has 0 fully saturated rings. The van der Waals surface area contributed by atoms with Gasteiger partial charge in [0.1, 0.15) is 0 Å². The highest BCUT2D eigenvalue weighted by Crippen LogP contribution is 2.30. The number of aryl methyl sites for hydroxylation is 2. The summed E-state index contributed by atoms with van der Waals surface area (Å²) in [6.45, 7) is 0.578. The number of carbonyl (C=O) groups excluding carboxylic acids is 1. The van der Waals surface area contributed by atoms with E-state index in [1.807, 2.05) is 24.3 Å². The lowest BCUT2D eigenvalue weighted by Crippen LogP contribution is -2.21. The Balaban J connectivity index is 1.63. The van der Waals surface area contributed by atoms with Crippen molar-refractivity contribution < 1.29 is 4.79 Å². The Hall–Kier alpha value is -1.13. The van der Waals surface area contributed by atoms with Crippen LogP contribution in [0.5, 0.6) is 0 Å². The van der Waals surface area contributed by atoms with Gasteiger partial charge in [0, 0.05) is 15.9 Å². The molecule has 1 aliphatic rings. The number of carbonyl (C=O) groups is 1. The first-order valence-corrected chi connectivity index (χ1v) is 7.97. The number of nitrogens with one attached hydrogen (secondary N) is 1. The second-order valence-electron chi connectivity index (χ2n) is 4.72. The van der Waals surface area contributed by atoms with Crippen LogP contribution in [0.3, 0.4) is 0 Å². The molecule has 1 amide bonds. The SMILES string of the molecule is O=C(NCc1ccc(Br)cc1)c1cc2c(s1)CCC2. The minimum Gasteiger partial charge on any atom is -0.347 e. The van der Waals surface area contributed by atoms with Crippen molar-refractivity contribution in [1.82, 2.24) is 5.32 Å². The largest absolute Gasteiger partial charge is 0.347 e. The first-order chi connectivity index (χ1) is 9.22. The highest BCUT2D eigenvalue weighted by atomic mass is 79.9. The van der Waals surface area contributed by atoms with E-state index in [-0.39, 0.29) is 5.91 Å². The normalized spacial score (nSPS) is 13.3. The molecule has 1 aliphatic carbocycles. The molecule has 4 heteroatoms. The van der Waals surface area contributed by atoms with Crippen LogP contribution in [0.1, 0.15) is 32.1 Å². The molecule has 0 saturated heterocycles. The van der Waals surface area contributed by atoms with Gasteiger partial charge < -0.3 is 5.32 Å². The van der Waals surface area contributed by atoms with Crippen molar-refractivity contribution in [2.24, 2.45) is 0 Å². The van der Waals surface area contributed by atoms with E-state index in [2.05, 4.69) is 27.3 Å². The first-order valence-electron chi connectivity index (χ1n) is 6.36. The van der Waals surface area contributed by atoms with E-state index in [1.54, 1.807) is 11.3 Å². The second kappa shape index (κ2) is 5.47. The monoisotopic (exact) mass is 335 g/mol. The van der Waals surface area contributed by atoms with Crippen molar-refractivity contribution in [2.75, 3.05) is 0 Å². The Morgan fingerprint density at radius 3 is 2.79 bits per heavy atom. The van der Waals surface area contributed by atoms with E-state index in [0.717, 1.165) is 27.8 Å². The van der Waals surface area contributed by atoms with Crippen LogP contribution in [-0.4, -0.2) is 5.91 Å². The van der Waals surface area contributed by atoms with Crippen molar-refractivity contribution in [3.05, 3.63) is 55.7 Å². The quantitative estimate of drug-likeness (QED) is 0.904. The molecule has 0 saturated carbocycles. The molecular formula is C15H14BrNOS. The third-order valence-electron chi connectivity index (χ3n) is 3.34. The third-order valence-corrected chi connectivity index (χ3v) is 5.10. The molecule has 1 heterocycles. The molecule has 1 aromatic carbocycles. The van der Waals surface area contributed by atoms with E-state index in [0.29, 0.717) is 6.54 Å². The fourth-order valence-corrected chi connectivity index (χ4v) is 3.75. The second-order valence-corrected chi connectivity index (χ2v) is 6.77. The fourth-order valence-electron chi connectivity index (χ4n) is 2.31. The number of hydrogen-bond donors (Lipinski definition) is 1. The highest BCUT2D eigenvalue weighted by Gasteiger charge is 2.18. The van der Waals surface area contributed by atoms with Crippen molar-refractivity contribution in [3.8, 4) is 0 Å². The lowest BCUT2D eigenvalue weighted by Gasteiger charge is -2.04. The van der Waals surface area contributed by atoms with Gasteiger partial charge in [-0.25, -0.2) is 0 Å². The van der Waals surface area contributed by atoms with Crippen LogP contribution in [0.2, 0.25) is 0 Å². The molecule has 0 unspecified atom stereocenters. The Morgan fingerprint density at radius 2 is 2.05 bits per heavy atom. The Morgan fingerprint density at radius 1 is 1.26 bits per heavy atom. The Labute approximate surface area is 125 Å². The lowest BCUT2D eigenvalue weighted by molar-refractivity contribution is 0.0955. The number of amides is 1. The smallest absolute Gasteiger partial charge is 0.261 e. The highest BCUT2D eigenvalue weighted by molar-refractivity contribution is 9.10. The Kier molecular flexibility index (Phi) is 3.71. The summed E-state index contributed by atoms with van der Waals surface area (Å²) in [6, 6.07) is 10.1. The van der Waals surface area contributed by atoms with Gasteiger partial charge in [-0.05, 0) is 48.6 Å². The lowest BCUT2D eigenvalue weighted by atomic mass is 10.2. The summed E-state index contributed by atoms with van der Waals surface area (Å²) < 4.78 is 1.05. The van der Waals surface area contributed by atoms with Crippen LogP contribution in [0.25, 0.3) is 0 Å². The average molecular weight is 336 g/mol. The van der Waals surface area contributed by atoms with Crippen molar-refractivity contribution in [2.45, 2.75) is 25.8 Å². The van der Waals surface area contributed by atoms with Crippen LogP contribution >= 0.6 is 27.3 Å². The zero-order valence-electron chi connectivity index (χ0n) is 10.4. The molecule has 0 radical (unpaired) electrons.